The maximum absolute atomic E-state index is 12.5. The number of piperidine rings is 3. The molecule has 126 valence electrons. The highest BCUT2D eigenvalue weighted by atomic mass is 32.2. The van der Waals surface area contributed by atoms with Crippen molar-refractivity contribution in [1.29, 1.82) is 0 Å². The van der Waals surface area contributed by atoms with Crippen LogP contribution >= 0.6 is 23.1 Å². The number of carbonyl (C=O) groups is 1. The Bertz CT molecular complexity index is 738. The van der Waals surface area contributed by atoms with Crippen LogP contribution < -0.4 is 5.32 Å². The topological polar surface area (TPSA) is 52.6 Å². The highest BCUT2D eigenvalue weighted by molar-refractivity contribution is 8.01. The van der Waals surface area contributed by atoms with E-state index in [9.17, 15) is 9.90 Å². The van der Waals surface area contributed by atoms with Gasteiger partial charge >= 0.3 is 0 Å². The first-order valence-corrected chi connectivity index (χ1v) is 9.90. The highest BCUT2D eigenvalue weighted by Crippen LogP contribution is 2.35. The van der Waals surface area contributed by atoms with E-state index in [1.54, 1.807) is 23.9 Å². The van der Waals surface area contributed by atoms with Crippen molar-refractivity contribution in [2.24, 2.45) is 5.92 Å². The lowest BCUT2D eigenvalue weighted by molar-refractivity contribution is 0.0622. The molecule has 3 aliphatic heterocycles. The van der Waals surface area contributed by atoms with Gasteiger partial charge in [-0.15, -0.1) is 11.3 Å². The van der Waals surface area contributed by atoms with Gasteiger partial charge in [-0.2, -0.15) is 0 Å². The Morgan fingerprint density at radius 1 is 1.25 bits per heavy atom. The van der Waals surface area contributed by atoms with Gasteiger partial charge in [-0.3, -0.25) is 4.79 Å². The minimum absolute atomic E-state index is 0.0431. The molecule has 4 nitrogen and oxygen atoms in total. The van der Waals surface area contributed by atoms with Crippen LogP contribution in [0, 0.1) is 5.92 Å². The van der Waals surface area contributed by atoms with Crippen LogP contribution in [0.15, 0.2) is 45.5 Å². The molecular weight excluding hydrogens is 340 g/mol. The number of nitrogens with zero attached hydrogens (tertiary/aromatic N) is 1. The molecule has 24 heavy (non-hydrogen) atoms. The first-order valence-electron chi connectivity index (χ1n) is 8.27. The van der Waals surface area contributed by atoms with Gasteiger partial charge in [0.05, 0.1) is 9.09 Å². The van der Waals surface area contributed by atoms with Crippen LogP contribution in [0.2, 0.25) is 0 Å². The number of amides is 1. The van der Waals surface area contributed by atoms with Crippen molar-refractivity contribution in [2.45, 2.75) is 28.0 Å². The Balaban J connectivity index is 1.40. The largest absolute Gasteiger partial charge is 0.508 e. The predicted octanol–water partition coefficient (Wildman–Crippen LogP) is 3.43. The summed E-state index contributed by atoms with van der Waals surface area (Å²) in [6.07, 6.45) is 2.40. The van der Waals surface area contributed by atoms with E-state index in [0.717, 1.165) is 20.5 Å². The lowest BCUT2D eigenvalue weighted by Crippen LogP contribution is -2.57. The normalized spacial score (nSPS) is 25.6. The number of aromatic hydroxyl groups is 1. The molecule has 4 heterocycles. The van der Waals surface area contributed by atoms with Crippen molar-refractivity contribution >= 4 is 29.0 Å². The molecule has 1 amide bonds. The Kier molecular flexibility index (Phi) is 4.52. The first kappa shape index (κ1) is 16.0. The molecule has 1 aromatic heterocycles. The van der Waals surface area contributed by atoms with Gasteiger partial charge in [0.25, 0.3) is 5.91 Å². The molecule has 0 unspecified atom stereocenters. The second kappa shape index (κ2) is 6.78. The number of thiophene rings is 1. The van der Waals surface area contributed by atoms with Crippen LogP contribution in [-0.4, -0.2) is 41.6 Å². The van der Waals surface area contributed by atoms with Crippen molar-refractivity contribution in [3.63, 3.8) is 0 Å². The molecule has 1 atom stereocenters. The fourth-order valence-corrected chi connectivity index (χ4v) is 5.59. The lowest BCUT2D eigenvalue weighted by Gasteiger charge is -2.44. The second-order valence-corrected chi connectivity index (χ2v) is 8.89. The van der Waals surface area contributed by atoms with Crippen molar-refractivity contribution in [3.05, 3.63) is 41.3 Å². The molecule has 6 heteroatoms. The van der Waals surface area contributed by atoms with Gasteiger partial charge in [-0.1, -0.05) is 17.8 Å². The number of phenols is 1. The van der Waals surface area contributed by atoms with Crippen LogP contribution in [0.1, 0.15) is 22.5 Å². The van der Waals surface area contributed by atoms with Crippen molar-refractivity contribution < 1.29 is 9.90 Å². The number of carbonyl (C=O) groups excluding carboxylic acids is 1. The monoisotopic (exact) mass is 360 g/mol. The third-order valence-corrected chi connectivity index (χ3v) is 7.02. The van der Waals surface area contributed by atoms with Gasteiger partial charge in [0.2, 0.25) is 0 Å². The first-order chi connectivity index (χ1) is 11.7. The standard InChI is InChI=1S/C18H20N2O2S2/c21-13-2-1-3-14(10-13)23-17-5-4-16(24-17)18(22)19-15-11-20-8-6-12(15)7-9-20/h1-5,10,12,15,21H,6-9,11H2,(H,19,22)/t15-/m0/s1. The molecule has 3 aliphatic rings. The number of benzene rings is 1. The minimum Gasteiger partial charge on any atom is -0.508 e. The van der Waals surface area contributed by atoms with Crippen LogP contribution in [0.5, 0.6) is 5.75 Å². The summed E-state index contributed by atoms with van der Waals surface area (Å²) < 4.78 is 1.06. The molecule has 5 rings (SSSR count). The van der Waals surface area contributed by atoms with Crippen molar-refractivity contribution in [3.8, 4) is 5.75 Å². The molecule has 2 aromatic rings. The second-order valence-electron chi connectivity index (χ2n) is 6.44. The molecular formula is C18H20N2O2S2. The lowest BCUT2D eigenvalue weighted by atomic mass is 9.84. The zero-order valence-corrected chi connectivity index (χ0v) is 14.9. The summed E-state index contributed by atoms with van der Waals surface area (Å²) in [5.74, 6) is 0.943. The van der Waals surface area contributed by atoms with Crippen molar-refractivity contribution in [2.75, 3.05) is 19.6 Å². The van der Waals surface area contributed by atoms with E-state index in [0.29, 0.717) is 12.0 Å². The minimum atomic E-state index is 0.0431. The molecule has 2 bridgehead atoms. The summed E-state index contributed by atoms with van der Waals surface area (Å²) in [7, 11) is 0. The number of nitrogens with one attached hydrogen (secondary N) is 1. The Morgan fingerprint density at radius 3 is 2.79 bits per heavy atom. The van der Waals surface area contributed by atoms with Gasteiger partial charge in [0, 0.05) is 17.5 Å². The number of rotatable bonds is 4. The zero-order valence-electron chi connectivity index (χ0n) is 13.3. The van der Waals surface area contributed by atoms with Gasteiger partial charge in [0.15, 0.2) is 0 Å². The van der Waals surface area contributed by atoms with Crippen molar-refractivity contribution in [1.82, 2.24) is 10.2 Å². The van der Waals surface area contributed by atoms with Crippen LogP contribution in [-0.2, 0) is 0 Å². The van der Waals surface area contributed by atoms with E-state index in [1.165, 1.54) is 37.3 Å². The van der Waals surface area contributed by atoms with E-state index in [4.69, 9.17) is 0 Å². The number of fused-ring (bicyclic) bond motifs is 3. The maximum Gasteiger partial charge on any atom is 0.261 e. The fraction of sp³-hybridized carbons (Fsp3) is 0.389. The van der Waals surface area contributed by atoms with Gasteiger partial charge < -0.3 is 15.3 Å². The van der Waals surface area contributed by atoms with Gasteiger partial charge in [-0.05, 0) is 62.2 Å². The summed E-state index contributed by atoms with van der Waals surface area (Å²) in [6.45, 7) is 3.36. The van der Waals surface area contributed by atoms with Gasteiger partial charge in [-0.25, -0.2) is 0 Å². The summed E-state index contributed by atoms with van der Waals surface area (Å²) in [5.41, 5.74) is 0. The molecule has 3 saturated heterocycles. The Morgan fingerprint density at radius 2 is 2.08 bits per heavy atom. The third-order valence-electron chi connectivity index (χ3n) is 4.81. The predicted molar refractivity (Wildman–Crippen MR) is 97.0 cm³/mol. The number of hydrogen-bond donors (Lipinski definition) is 2. The number of phenolic OH excluding ortho intramolecular Hbond substituents is 1. The average Bonchev–Trinajstić information content (AvgIpc) is 3.05. The van der Waals surface area contributed by atoms with Crippen LogP contribution in [0.25, 0.3) is 0 Å². The molecule has 3 fully saturated rings. The Labute approximate surface area is 149 Å². The SMILES string of the molecule is O=C(N[C@H]1CN2CCC1CC2)c1ccc(Sc2cccc(O)c2)s1. The highest BCUT2D eigenvalue weighted by Gasteiger charge is 2.35. The molecule has 0 spiro atoms. The Hall–Kier alpha value is -1.50. The average molecular weight is 361 g/mol. The van der Waals surface area contributed by atoms with E-state index in [2.05, 4.69) is 10.2 Å². The quantitative estimate of drug-likeness (QED) is 0.877. The summed E-state index contributed by atoms with van der Waals surface area (Å²) in [4.78, 5) is 16.7. The third kappa shape index (κ3) is 3.45. The molecule has 2 N–H and O–H groups in total. The van der Waals surface area contributed by atoms with Crippen LogP contribution in [0.4, 0.5) is 0 Å². The smallest absolute Gasteiger partial charge is 0.261 e. The molecule has 0 radical (unpaired) electrons. The number of hydrogen-bond acceptors (Lipinski definition) is 5. The maximum atomic E-state index is 12.5. The van der Waals surface area contributed by atoms with Crippen LogP contribution in [0.3, 0.4) is 0 Å². The molecule has 0 aliphatic carbocycles. The fourth-order valence-electron chi connectivity index (χ4n) is 3.53. The summed E-state index contributed by atoms with van der Waals surface area (Å²) in [5, 5.41) is 12.8. The summed E-state index contributed by atoms with van der Waals surface area (Å²) >= 11 is 3.07. The summed E-state index contributed by atoms with van der Waals surface area (Å²) in [6, 6.07) is 11.3. The van der Waals surface area contributed by atoms with Gasteiger partial charge in [0.1, 0.15) is 5.75 Å². The molecule has 0 saturated carbocycles. The van der Waals surface area contributed by atoms with E-state index >= 15 is 0 Å². The van der Waals surface area contributed by atoms with E-state index in [-0.39, 0.29) is 11.7 Å². The van der Waals surface area contributed by atoms with E-state index < -0.39 is 0 Å². The molecule has 1 aromatic carbocycles. The zero-order chi connectivity index (χ0) is 16.5. The van der Waals surface area contributed by atoms with E-state index in [1.807, 2.05) is 24.3 Å².